The standard InChI is InChI=1S/C22H27N/c1-10-12(3)16(7)21-19(14(10)5)18(9)20-15(6)11(2)13(4)17(8)22(20)23-21/h1-9H3. The van der Waals surface area contributed by atoms with Gasteiger partial charge in [-0.1, -0.05) is 0 Å². The van der Waals surface area contributed by atoms with Crippen molar-refractivity contribution in [1.82, 2.24) is 4.98 Å². The zero-order valence-electron chi connectivity index (χ0n) is 15.9. The summed E-state index contributed by atoms with van der Waals surface area (Å²) in [5, 5.41) is 2.70. The fraction of sp³-hybridized carbons (Fsp3) is 0.409. The molecule has 1 aromatic heterocycles. The summed E-state index contributed by atoms with van der Waals surface area (Å²) in [7, 11) is 0. The van der Waals surface area contributed by atoms with Crippen LogP contribution in [0.2, 0.25) is 0 Å². The van der Waals surface area contributed by atoms with Crippen LogP contribution < -0.4 is 0 Å². The molecule has 0 spiro atoms. The summed E-state index contributed by atoms with van der Waals surface area (Å²) >= 11 is 0. The third kappa shape index (κ3) is 1.95. The van der Waals surface area contributed by atoms with E-state index in [-0.39, 0.29) is 0 Å². The van der Waals surface area contributed by atoms with E-state index in [4.69, 9.17) is 4.98 Å². The second-order valence-corrected chi connectivity index (χ2v) is 7.18. The molecule has 120 valence electrons. The van der Waals surface area contributed by atoms with E-state index < -0.39 is 0 Å². The third-order valence-electron chi connectivity index (χ3n) is 6.28. The van der Waals surface area contributed by atoms with Crippen LogP contribution in [0.15, 0.2) is 0 Å². The van der Waals surface area contributed by atoms with Gasteiger partial charge in [0.1, 0.15) is 0 Å². The molecule has 1 heterocycles. The molecule has 1 heteroatoms. The van der Waals surface area contributed by atoms with E-state index in [0.29, 0.717) is 0 Å². The van der Waals surface area contributed by atoms with Gasteiger partial charge in [0, 0.05) is 10.8 Å². The number of aryl methyl sites for hydroxylation is 5. The smallest absolute Gasteiger partial charge is 0.0747 e. The lowest BCUT2D eigenvalue weighted by molar-refractivity contribution is 1.20. The van der Waals surface area contributed by atoms with Gasteiger partial charge in [0.25, 0.3) is 0 Å². The monoisotopic (exact) mass is 305 g/mol. The number of nitrogens with zero attached hydrogens (tertiary/aromatic N) is 1. The maximum absolute atomic E-state index is 5.16. The number of aromatic nitrogens is 1. The highest BCUT2D eigenvalue weighted by molar-refractivity contribution is 6.03. The second-order valence-electron chi connectivity index (χ2n) is 7.18. The van der Waals surface area contributed by atoms with Crippen molar-refractivity contribution in [2.75, 3.05) is 0 Å². The van der Waals surface area contributed by atoms with Crippen LogP contribution in [-0.2, 0) is 0 Å². The molecule has 3 rings (SSSR count). The predicted molar refractivity (Wildman–Crippen MR) is 102 cm³/mol. The zero-order chi connectivity index (χ0) is 17.2. The highest BCUT2D eigenvalue weighted by Gasteiger charge is 2.18. The van der Waals surface area contributed by atoms with Crippen LogP contribution in [0.5, 0.6) is 0 Å². The van der Waals surface area contributed by atoms with Gasteiger partial charge in [-0.15, -0.1) is 0 Å². The quantitative estimate of drug-likeness (QED) is 0.453. The highest BCUT2D eigenvalue weighted by Crippen LogP contribution is 2.37. The molecule has 0 aliphatic heterocycles. The van der Waals surface area contributed by atoms with Crippen molar-refractivity contribution in [3.63, 3.8) is 0 Å². The molecule has 23 heavy (non-hydrogen) atoms. The van der Waals surface area contributed by atoms with Crippen molar-refractivity contribution < 1.29 is 0 Å². The summed E-state index contributed by atoms with van der Waals surface area (Å²) < 4.78 is 0. The van der Waals surface area contributed by atoms with Crippen LogP contribution in [0.25, 0.3) is 21.8 Å². The number of rotatable bonds is 0. The lowest BCUT2D eigenvalue weighted by Crippen LogP contribution is -2.03. The lowest BCUT2D eigenvalue weighted by atomic mass is 9.87. The highest BCUT2D eigenvalue weighted by atomic mass is 14.7. The van der Waals surface area contributed by atoms with Crippen molar-refractivity contribution in [3.8, 4) is 0 Å². The van der Waals surface area contributed by atoms with Crippen molar-refractivity contribution in [2.24, 2.45) is 0 Å². The SMILES string of the molecule is Cc1c(C)c(C)c2c(C)c3c(C)c(C)c(C)c(C)c3nc2c1C. The predicted octanol–water partition coefficient (Wildman–Crippen LogP) is 6.16. The molecule has 0 radical (unpaired) electrons. The van der Waals surface area contributed by atoms with E-state index in [1.807, 2.05) is 0 Å². The average molecular weight is 305 g/mol. The first-order chi connectivity index (χ1) is 10.7. The molecule has 0 N–H and O–H groups in total. The van der Waals surface area contributed by atoms with Gasteiger partial charge in [0.05, 0.1) is 11.0 Å². The van der Waals surface area contributed by atoms with Crippen LogP contribution in [0, 0.1) is 62.3 Å². The van der Waals surface area contributed by atoms with E-state index in [2.05, 4.69) is 62.3 Å². The summed E-state index contributed by atoms with van der Waals surface area (Å²) in [5.41, 5.74) is 14.7. The van der Waals surface area contributed by atoms with Gasteiger partial charge in [0.15, 0.2) is 0 Å². The summed E-state index contributed by atoms with van der Waals surface area (Å²) in [6.07, 6.45) is 0. The van der Waals surface area contributed by atoms with E-state index in [1.165, 1.54) is 71.9 Å². The van der Waals surface area contributed by atoms with Gasteiger partial charge in [-0.2, -0.15) is 0 Å². The topological polar surface area (TPSA) is 12.9 Å². The van der Waals surface area contributed by atoms with Crippen molar-refractivity contribution in [1.29, 1.82) is 0 Å². The third-order valence-corrected chi connectivity index (χ3v) is 6.28. The average Bonchev–Trinajstić information content (AvgIpc) is 2.53. The van der Waals surface area contributed by atoms with Crippen LogP contribution in [-0.4, -0.2) is 4.98 Å². The minimum atomic E-state index is 1.18. The Kier molecular flexibility index (Phi) is 3.51. The molecule has 0 aliphatic carbocycles. The summed E-state index contributed by atoms with van der Waals surface area (Å²) in [4.78, 5) is 5.16. The molecule has 1 nitrogen and oxygen atoms in total. The Balaban J connectivity index is 2.73. The summed E-state index contributed by atoms with van der Waals surface area (Å²) in [6, 6.07) is 0. The Labute approximate surface area is 139 Å². The second kappa shape index (κ2) is 5.06. The molecule has 0 aliphatic rings. The Hall–Kier alpha value is -1.89. The molecule has 0 saturated heterocycles. The minimum Gasteiger partial charge on any atom is -0.247 e. The first-order valence-electron chi connectivity index (χ1n) is 8.45. The maximum atomic E-state index is 5.16. The van der Waals surface area contributed by atoms with E-state index in [0.717, 1.165) is 0 Å². The fourth-order valence-corrected chi connectivity index (χ4v) is 4.02. The first kappa shape index (κ1) is 16.0. The van der Waals surface area contributed by atoms with E-state index in [1.54, 1.807) is 0 Å². The van der Waals surface area contributed by atoms with E-state index in [9.17, 15) is 0 Å². The molecule has 3 aromatic rings. The summed E-state index contributed by atoms with van der Waals surface area (Å²) in [5.74, 6) is 0. The number of hydrogen-bond donors (Lipinski definition) is 0. The number of pyridine rings is 1. The molecule has 0 unspecified atom stereocenters. The molecule has 0 amide bonds. The van der Waals surface area contributed by atoms with Gasteiger partial charge < -0.3 is 0 Å². The van der Waals surface area contributed by atoms with Crippen molar-refractivity contribution >= 4 is 21.8 Å². The summed E-state index contributed by atoms with van der Waals surface area (Å²) in [6.45, 7) is 20.1. The Morgan fingerprint density at radius 3 is 1.00 bits per heavy atom. The molecule has 2 aromatic carbocycles. The Morgan fingerprint density at radius 1 is 0.348 bits per heavy atom. The molecule has 0 saturated carbocycles. The van der Waals surface area contributed by atoms with Crippen molar-refractivity contribution in [3.05, 3.63) is 50.1 Å². The first-order valence-corrected chi connectivity index (χ1v) is 8.45. The minimum absolute atomic E-state index is 1.18. The van der Waals surface area contributed by atoms with Gasteiger partial charge in [-0.3, -0.25) is 0 Å². The Morgan fingerprint density at radius 2 is 0.652 bits per heavy atom. The Bertz CT molecular complexity index is 913. The van der Waals surface area contributed by atoms with Crippen LogP contribution in [0.3, 0.4) is 0 Å². The molecule has 0 bridgehead atoms. The van der Waals surface area contributed by atoms with Crippen LogP contribution >= 0.6 is 0 Å². The number of benzene rings is 2. The van der Waals surface area contributed by atoms with Crippen molar-refractivity contribution in [2.45, 2.75) is 62.3 Å². The normalized spacial score (nSPS) is 11.7. The molecular weight excluding hydrogens is 278 g/mol. The largest absolute Gasteiger partial charge is 0.247 e. The number of hydrogen-bond acceptors (Lipinski definition) is 1. The number of fused-ring (bicyclic) bond motifs is 2. The molecule has 0 fully saturated rings. The maximum Gasteiger partial charge on any atom is 0.0747 e. The zero-order valence-corrected chi connectivity index (χ0v) is 15.9. The molecule has 0 atom stereocenters. The van der Waals surface area contributed by atoms with Gasteiger partial charge in [-0.25, -0.2) is 4.98 Å². The van der Waals surface area contributed by atoms with Crippen LogP contribution in [0.1, 0.15) is 50.1 Å². The van der Waals surface area contributed by atoms with Gasteiger partial charge in [0.2, 0.25) is 0 Å². The fourth-order valence-electron chi connectivity index (χ4n) is 4.02. The van der Waals surface area contributed by atoms with Gasteiger partial charge >= 0.3 is 0 Å². The van der Waals surface area contributed by atoms with Crippen LogP contribution in [0.4, 0.5) is 0 Å². The molecular formula is C22H27N. The van der Waals surface area contributed by atoms with Gasteiger partial charge in [-0.05, 0) is 112 Å². The van der Waals surface area contributed by atoms with E-state index >= 15 is 0 Å². The lowest BCUT2D eigenvalue weighted by Gasteiger charge is -2.20.